The molecule has 1 aromatic heterocycles. The van der Waals surface area contributed by atoms with Gasteiger partial charge in [0, 0.05) is 15.9 Å². The maximum absolute atomic E-state index is 14.7. The number of aromatic nitrogens is 1. The van der Waals surface area contributed by atoms with Crippen molar-refractivity contribution in [3.63, 3.8) is 0 Å². The van der Waals surface area contributed by atoms with Gasteiger partial charge in [0.05, 0.1) is 33.3 Å². The van der Waals surface area contributed by atoms with E-state index in [1.54, 1.807) is 0 Å². The standard InChI is InChI=1S/C27H26F4N2O8/c1-12(32-26(35)22-23(34)18(38-3)10-11-33(22)37)27(36)41-13(2)19(14-6-8-16(28)20(30)24(14)39-4)15-7-9-17(29)21(31)25(15)40-5/h6-13,19H,1-5H3,(H2-,32,34,35,37)/p+1/t12-,13-/m0/s1. The number of nitrogens with zero attached hydrogens (tertiary/aromatic N) is 1. The summed E-state index contributed by atoms with van der Waals surface area (Å²) in [5.74, 6) is -10.6. The molecule has 0 radical (unpaired) electrons. The van der Waals surface area contributed by atoms with E-state index in [9.17, 15) is 37.5 Å². The van der Waals surface area contributed by atoms with Crippen LogP contribution >= 0.6 is 0 Å². The summed E-state index contributed by atoms with van der Waals surface area (Å²) in [6, 6.07) is 3.62. The smallest absolute Gasteiger partial charge is 0.366 e. The van der Waals surface area contributed by atoms with E-state index in [1.165, 1.54) is 27.0 Å². The lowest BCUT2D eigenvalue weighted by Gasteiger charge is -2.29. The molecule has 3 N–H and O–H groups in total. The van der Waals surface area contributed by atoms with Crippen LogP contribution < -0.4 is 24.3 Å². The molecule has 2 aromatic carbocycles. The third-order valence-electron chi connectivity index (χ3n) is 6.20. The highest BCUT2D eigenvalue weighted by molar-refractivity contribution is 5.96. The summed E-state index contributed by atoms with van der Waals surface area (Å²) < 4.78 is 78.2. The van der Waals surface area contributed by atoms with Crippen molar-refractivity contribution in [3.05, 3.63) is 76.6 Å². The van der Waals surface area contributed by atoms with E-state index in [0.717, 1.165) is 44.7 Å². The summed E-state index contributed by atoms with van der Waals surface area (Å²) >= 11 is 0. The number of carbonyl (C=O) groups excluding carboxylic acids is 2. The zero-order valence-electron chi connectivity index (χ0n) is 22.5. The molecule has 0 saturated heterocycles. The van der Waals surface area contributed by atoms with Gasteiger partial charge in [-0.25, -0.2) is 13.6 Å². The first kappa shape index (κ1) is 30.8. The molecule has 0 aliphatic heterocycles. The molecule has 0 aliphatic carbocycles. The monoisotopic (exact) mass is 583 g/mol. The van der Waals surface area contributed by atoms with E-state index < -0.39 is 76.2 Å². The molecule has 41 heavy (non-hydrogen) atoms. The zero-order valence-corrected chi connectivity index (χ0v) is 22.5. The van der Waals surface area contributed by atoms with Crippen LogP contribution in [0, 0.1) is 23.3 Å². The largest absolute Gasteiger partial charge is 0.499 e. The van der Waals surface area contributed by atoms with Crippen LogP contribution in [-0.2, 0) is 9.53 Å². The number of rotatable bonds is 10. The highest BCUT2D eigenvalue weighted by Crippen LogP contribution is 2.42. The van der Waals surface area contributed by atoms with Crippen LogP contribution in [0.5, 0.6) is 23.0 Å². The number of amides is 1. The Balaban J connectivity index is 1.98. The maximum atomic E-state index is 14.7. The highest BCUT2D eigenvalue weighted by atomic mass is 19.2. The molecule has 14 heteroatoms. The fraction of sp³-hybridized carbons (Fsp3) is 0.296. The lowest BCUT2D eigenvalue weighted by atomic mass is 9.85. The second kappa shape index (κ2) is 12.6. The Morgan fingerprint density at radius 2 is 1.37 bits per heavy atom. The summed E-state index contributed by atoms with van der Waals surface area (Å²) in [6.07, 6.45) is -0.277. The SMILES string of the molecule is COc1cc[n+](O)c(C(=O)N[C@@H](C)C(=O)O[C@@H](C)C(c2ccc(F)c(F)c2OC)c2ccc(F)c(F)c2OC)c1O. The highest BCUT2D eigenvalue weighted by Gasteiger charge is 2.36. The van der Waals surface area contributed by atoms with E-state index in [0.29, 0.717) is 4.73 Å². The summed E-state index contributed by atoms with van der Waals surface area (Å²) in [7, 11) is 3.35. The minimum atomic E-state index is -1.39. The molecule has 0 bridgehead atoms. The Morgan fingerprint density at radius 1 is 0.854 bits per heavy atom. The Labute approximate surface area is 231 Å². The molecular weight excluding hydrogens is 556 g/mol. The summed E-state index contributed by atoms with van der Waals surface area (Å²) in [5.41, 5.74) is -0.821. The molecule has 0 spiro atoms. The van der Waals surface area contributed by atoms with Crippen LogP contribution in [0.2, 0.25) is 0 Å². The van der Waals surface area contributed by atoms with E-state index >= 15 is 0 Å². The van der Waals surface area contributed by atoms with E-state index in [4.69, 9.17) is 18.9 Å². The maximum Gasteiger partial charge on any atom is 0.366 e. The number of ether oxygens (including phenoxy) is 4. The molecule has 220 valence electrons. The number of benzene rings is 2. The van der Waals surface area contributed by atoms with Gasteiger partial charge in [-0.3, -0.25) is 10.0 Å². The lowest BCUT2D eigenvalue weighted by Crippen LogP contribution is -2.47. The number of pyridine rings is 1. The lowest BCUT2D eigenvalue weighted by molar-refractivity contribution is -0.906. The van der Waals surface area contributed by atoms with E-state index in [2.05, 4.69) is 5.32 Å². The average molecular weight is 584 g/mol. The molecule has 3 rings (SSSR count). The number of aromatic hydroxyl groups is 1. The predicted molar refractivity (Wildman–Crippen MR) is 132 cm³/mol. The molecule has 0 fully saturated rings. The van der Waals surface area contributed by atoms with Gasteiger partial charge in [-0.15, -0.1) is 0 Å². The molecule has 2 atom stereocenters. The number of hydrogen-bond acceptors (Lipinski definition) is 8. The minimum Gasteiger partial charge on any atom is -0.499 e. The van der Waals surface area contributed by atoms with Crippen molar-refractivity contribution in [2.24, 2.45) is 0 Å². The van der Waals surface area contributed by atoms with Gasteiger partial charge in [-0.2, -0.15) is 8.78 Å². The van der Waals surface area contributed by atoms with Gasteiger partial charge in [-0.05, 0) is 26.0 Å². The van der Waals surface area contributed by atoms with Crippen LogP contribution in [0.4, 0.5) is 17.6 Å². The molecule has 0 saturated carbocycles. The van der Waals surface area contributed by atoms with Crippen molar-refractivity contribution in [3.8, 4) is 23.0 Å². The van der Waals surface area contributed by atoms with Crippen molar-refractivity contribution in [1.29, 1.82) is 0 Å². The molecular formula is C27H27F4N2O8+. The van der Waals surface area contributed by atoms with Crippen LogP contribution in [0.3, 0.4) is 0 Å². The molecule has 1 amide bonds. The Kier molecular flexibility index (Phi) is 9.47. The summed E-state index contributed by atoms with van der Waals surface area (Å²) in [4.78, 5) is 25.7. The first-order valence-electron chi connectivity index (χ1n) is 11.9. The number of carbonyl (C=O) groups is 2. The quantitative estimate of drug-likeness (QED) is 0.144. The fourth-order valence-electron chi connectivity index (χ4n) is 4.24. The third-order valence-corrected chi connectivity index (χ3v) is 6.20. The second-order valence-electron chi connectivity index (χ2n) is 8.71. The minimum absolute atomic E-state index is 0.0877. The van der Waals surface area contributed by atoms with Crippen molar-refractivity contribution >= 4 is 11.9 Å². The van der Waals surface area contributed by atoms with Gasteiger partial charge >= 0.3 is 17.6 Å². The zero-order chi connectivity index (χ0) is 30.6. The normalized spacial score (nSPS) is 12.4. The van der Waals surface area contributed by atoms with Crippen LogP contribution in [0.15, 0.2) is 36.5 Å². The topological polar surface area (TPSA) is 127 Å². The molecule has 0 aliphatic rings. The number of nitrogens with one attached hydrogen (secondary N) is 1. The molecule has 3 aromatic rings. The summed E-state index contributed by atoms with van der Waals surface area (Å²) in [6.45, 7) is 2.57. The number of methoxy groups -OCH3 is 3. The fourth-order valence-corrected chi connectivity index (χ4v) is 4.24. The van der Waals surface area contributed by atoms with E-state index in [1.807, 2.05) is 0 Å². The van der Waals surface area contributed by atoms with Crippen LogP contribution in [0.25, 0.3) is 0 Å². The van der Waals surface area contributed by atoms with Crippen LogP contribution in [-0.4, -0.2) is 55.7 Å². The molecule has 0 unspecified atom stereocenters. The number of esters is 1. The Hall–Kier alpha value is -4.75. The average Bonchev–Trinajstić information content (AvgIpc) is 2.93. The van der Waals surface area contributed by atoms with Gasteiger partial charge in [-0.1, -0.05) is 12.1 Å². The van der Waals surface area contributed by atoms with E-state index in [-0.39, 0.29) is 16.9 Å². The van der Waals surface area contributed by atoms with Gasteiger partial charge in [0.15, 0.2) is 28.9 Å². The van der Waals surface area contributed by atoms with Gasteiger partial charge < -0.3 is 29.4 Å². The number of hydrogen-bond donors (Lipinski definition) is 3. The predicted octanol–water partition coefficient (Wildman–Crippen LogP) is 3.38. The van der Waals surface area contributed by atoms with Crippen molar-refractivity contribution in [1.82, 2.24) is 5.32 Å². The summed E-state index contributed by atoms with van der Waals surface area (Å²) in [5, 5.41) is 22.4. The van der Waals surface area contributed by atoms with Crippen LogP contribution in [0.1, 0.15) is 41.4 Å². The van der Waals surface area contributed by atoms with Crippen molar-refractivity contribution in [2.75, 3.05) is 21.3 Å². The van der Waals surface area contributed by atoms with Crippen molar-refractivity contribution < 1.29 is 61.1 Å². The molecule has 1 heterocycles. The Morgan fingerprint density at radius 3 is 1.83 bits per heavy atom. The third kappa shape index (κ3) is 6.05. The van der Waals surface area contributed by atoms with Crippen molar-refractivity contribution in [2.45, 2.75) is 31.9 Å². The van der Waals surface area contributed by atoms with Gasteiger partial charge in [0.1, 0.15) is 12.1 Å². The first-order valence-corrected chi connectivity index (χ1v) is 11.9. The second-order valence-corrected chi connectivity index (χ2v) is 8.71. The molecule has 10 nitrogen and oxygen atoms in total. The Bertz CT molecular complexity index is 1410. The first-order chi connectivity index (χ1) is 19.4. The van der Waals surface area contributed by atoms with Gasteiger partial charge in [0.2, 0.25) is 23.6 Å². The van der Waals surface area contributed by atoms with Gasteiger partial charge in [0.25, 0.3) is 0 Å². The number of halogens is 4.